The third-order valence-corrected chi connectivity index (χ3v) is 5.44. The zero-order chi connectivity index (χ0) is 20.0. The molecule has 0 amide bonds. The number of hydrogen-bond acceptors (Lipinski definition) is 6. The van der Waals surface area contributed by atoms with Crippen molar-refractivity contribution in [2.45, 2.75) is 18.7 Å². The second kappa shape index (κ2) is 6.97. The van der Waals surface area contributed by atoms with Gasteiger partial charge in [-0.25, -0.2) is 5.01 Å². The van der Waals surface area contributed by atoms with Gasteiger partial charge in [0, 0.05) is 28.8 Å². The monoisotopic (exact) mass is 407 g/mol. The molecule has 1 N–H and O–H groups in total. The van der Waals surface area contributed by atoms with Crippen molar-refractivity contribution < 1.29 is 14.6 Å². The van der Waals surface area contributed by atoms with Crippen molar-refractivity contribution in [1.82, 2.24) is 9.99 Å². The molecule has 2 aliphatic heterocycles. The van der Waals surface area contributed by atoms with Gasteiger partial charge in [0.15, 0.2) is 11.5 Å². The zero-order valence-electron chi connectivity index (χ0n) is 15.6. The van der Waals surface area contributed by atoms with Crippen LogP contribution in [0.25, 0.3) is 0 Å². The molecule has 0 spiro atoms. The van der Waals surface area contributed by atoms with E-state index in [0.717, 1.165) is 28.3 Å². The molecule has 0 unspecified atom stereocenters. The van der Waals surface area contributed by atoms with Crippen LogP contribution < -0.4 is 9.47 Å². The molecule has 0 fully saturated rings. The number of hydrogen-bond donors (Lipinski definition) is 1. The topological polar surface area (TPSA) is 67.2 Å². The number of fused-ring (bicyclic) bond motifs is 3. The SMILES string of the molecule is COc1cc(C2=NN3[C@@H](C2)c2cc(Cl)ccc2O[C@H]3c2ccccn2)ccc1O. The third-order valence-electron chi connectivity index (χ3n) is 5.21. The van der Waals surface area contributed by atoms with E-state index in [9.17, 15) is 5.11 Å². The number of ether oxygens (including phenoxy) is 2. The summed E-state index contributed by atoms with van der Waals surface area (Å²) >= 11 is 6.26. The van der Waals surface area contributed by atoms with Crippen LogP contribution >= 0.6 is 11.6 Å². The lowest BCUT2D eigenvalue weighted by atomic mass is 9.96. The Morgan fingerprint density at radius 2 is 2.07 bits per heavy atom. The molecule has 0 saturated heterocycles. The summed E-state index contributed by atoms with van der Waals surface area (Å²) in [5.41, 5.74) is 3.55. The van der Waals surface area contributed by atoms with Gasteiger partial charge in [-0.15, -0.1) is 0 Å². The first-order valence-corrected chi connectivity index (χ1v) is 9.62. The van der Waals surface area contributed by atoms with Crippen LogP contribution in [0, 0.1) is 0 Å². The predicted octanol–water partition coefficient (Wildman–Crippen LogP) is 4.69. The smallest absolute Gasteiger partial charge is 0.230 e. The number of rotatable bonds is 3. The van der Waals surface area contributed by atoms with Gasteiger partial charge in [0.1, 0.15) is 11.4 Å². The van der Waals surface area contributed by atoms with Gasteiger partial charge in [-0.3, -0.25) is 4.98 Å². The largest absolute Gasteiger partial charge is 0.504 e. The number of halogens is 1. The fourth-order valence-electron chi connectivity index (χ4n) is 3.81. The van der Waals surface area contributed by atoms with Crippen molar-refractivity contribution in [3.8, 4) is 17.2 Å². The molecule has 2 atom stereocenters. The van der Waals surface area contributed by atoms with Gasteiger partial charge in [-0.2, -0.15) is 5.10 Å². The summed E-state index contributed by atoms with van der Waals surface area (Å²) in [5.74, 6) is 1.29. The van der Waals surface area contributed by atoms with Gasteiger partial charge >= 0.3 is 0 Å². The van der Waals surface area contributed by atoms with E-state index in [1.165, 1.54) is 7.11 Å². The molecular formula is C22H18ClN3O3. The summed E-state index contributed by atoms with van der Waals surface area (Å²) in [4.78, 5) is 4.48. The standard InChI is InChI=1S/C22H18ClN3O3/c1-28-21-10-13(5-7-19(21)27)17-12-18-15-11-14(23)6-8-20(15)29-22(26(18)25-17)16-4-2-3-9-24-16/h2-11,18,22,27H,12H2,1H3/t18-,22-/m0/s1. The zero-order valence-corrected chi connectivity index (χ0v) is 16.4. The lowest BCUT2D eigenvalue weighted by molar-refractivity contribution is -0.0218. The van der Waals surface area contributed by atoms with E-state index in [1.807, 2.05) is 47.5 Å². The second-order valence-corrected chi connectivity index (χ2v) is 7.38. The van der Waals surface area contributed by atoms with Gasteiger partial charge in [0.25, 0.3) is 0 Å². The Morgan fingerprint density at radius 1 is 1.17 bits per heavy atom. The third kappa shape index (κ3) is 3.06. The van der Waals surface area contributed by atoms with Crippen LogP contribution in [0.3, 0.4) is 0 Å². The van der Waals surface area contributed by atoms with Crippen LogP contribution in [-0.2, 0) is 0 Å². The highest BCUT2D eigenvalue weighted by Gasteiger charge is 2.41. The fourth-order valence-corrected chi connectivity index (χ4v) is 3.99. The highest BCUT2D eigenvalue weighted by molar-refractivity contribution is 6.30. The first-order valence-electron chi connectivity index (χ1n) is 9.24. The Hall–Kier alpha value is -3.25. The van der Waals surface area contributed by atoms with Gasteiger partial charge in [-0.05, 0) is 48.5 Å². The number of phenolic OH excluding ortho intramolecular Hbond substituents is 1. The minimum atomic E-state index is -0.439. The van der Waals surface area contributed by atoms with E-state index in [0.29, 0.717) is 17.2 Å². The lowest BCUT2D eigenvalue weighted by Gasteiger charge is -2.37. The number of aromatic nitrogens is 1. The quantitative estimate of drug-likeness (QED) is 0.682. The minimum absolute atomic E-state index is 0.0285. The van der Waals surface area contributed by atoms with Crippen LogP contribution in [0.4, 0.5) is 0 Å². The number of aromatic hydroxyl groups is 1. The molecule has 2 aliphatic rings. The molecule has 146 valence electrons. The van der Waals surface area contributed by atoms with Gasteiger partial charge in [0.05, 0.1) is 18.9 Å². The molecule has 3 aromatic rings. The molecule has 0 radical (unpaired) electrons. The van der Waals surface area contributed by atoms with Crippen molar-refractivity contribution >= 4 is 17.3 Å². The first-order chi connectivity index (χ1) is 14.1. The number of hydrazone groups is 1. The maximum Gasteiger partial charge on any atom is 0.230 e. The number of pyridine rings is 1. The van der Waals surface area contributed by atoms with Gasteiger partial charge < -0.3 is 14.6 Å². The van der Waals surface area contributed by atoms with E-state index < -0.39 is 6.23 Å². The second-order valence-electron chi connectivity index (χ2n) is 6.94. The fraction of sp³-hybridized carbons (Fsp3) is 0.182. The Morgan fingerprint density at radius 3 is 2.86 bits per heavy atom. The molecule has 0 saturated carbocycles. The summed E-state index contributed by atoms with van der Waals surface area (Å²) in [6.07, 6.45) is 1.98. The maximum absolute atomic E-state index is 9.92. The van der Waals surface area contributed by atoms with Gasteiger partial charge in [0.2, 0.25) is 6.23 Å². The Labute approximate surface area is 173 Å². The molecule has 29 heavy (non-hydrogen) atoms. The van der Waals surface area contributed by atoms with Crippen molar-refractivity contribution in [1.29, 1.82) is 0 Å². The number of nitrogens with zero attached hydrogens (tertiary/aromatic N) is 3. The van der Waals surface area contributed by atoms with E-state index >= 15 is 0 Å². The summed E-state index contributed by atoms with van der Waals surface area (Å²) in [5, 5.41) is 17.4. The average molecular weight is 408 g/mol. The molecule has 6 nitrogen and oxygen atoms in total. The minimum Gasteiger partial charge on any atom is -0.504 e. The molecule has 7 heteroatoms. The van der Waals surface area contributed by atoms with E-state index in [-0.39, 0.29) is 11.8 Å². The van der Waals surface area contributed by atoms with E-state index in [1.54, 1.807) is 18.3 Å². The highest BCUT2D eigenvalue weighted by Crippen LogP contribution is 2.48. The van der Waals surface area contributed by atoms with Crippen LogP contribution in [0.2, 0.25) is 5.02 Å². The van der Waals surface area contributed by atoms with Crippen molar-refractivity contribution in [3.05, 3.63) is 82.6 Å². The van der Waals surface area contributed by atoms with Gasteiger partial charge in [-0.1, -0.05) is 17.7 Å². The van der Waals surface area contributed by atoms with Crippen molar-refractivity contribution in [2.75, 3.05) is 7.11 Å². The molecule has 2 aromatic carbocycles. The normalized spacial score (nSPS) is 19.8. The molecule has 0 bridgehead atoms. The maximum atomic E-state index is 9.92. The number of methoxy groups -OCH3 is 1. The number of benzene rings is 2. The molecule has 0 aliphatic carbocycles. The summed E-state index contributed by atoms with van der Waals surface area (Å²) in [6, 6.07) is 16.6. The van der Waals surface area contributed by atoms with Crippen molar-refractivity contribution in [3.63, 3.8) is 0 Å². The Bertz CT molecular complexity index is 1100. The summed E-state index contributed by atoms with van der Waals surface area (Å²) in [6.45, 7) is 0. The van der Waals surface area contributed by atoms with E-state index in [2.05, 4.69) is 4.98 Å². The van der Waals surface area contributed by atoms with Crippen molar-refractivity contribution in [2.24, 2.45) is 5.10 Å². The number of phenols is 1. The molecule has 1 aromatic heterocycles. The Balaban J connectivity index is 1.60. The van der Waals surface area contributed by atoms with Crippen LogP contribution in [0.5, 0.6) is 17.2 Å². The lowest BCUT2D eigenvalue weighted by Crippen LogP contribution is -2.34. The van der Waals surface area contributed by atoms with Crippen LogP contribution in [0.15, 0.2) is 65.9 Å². The first kappa shape index (κ1) is 17.8. The molecule has 5 rings (SSSR count). The summed E-state index contributed by atoms with van der Waals surface area (Å²) < 4.78 is 11.5. The Kier molecular flexibility index (Phi) is 4.28. The van der Waals surface area contributed by atoms with E-state index in [4.69, 9.17) is 26.2 Å². The average Bonchev–Trinajstić information content (AvgIpc) is 3.20. The molecular weight excluding hydrogens is 390 g/mol. The summed E-state index contributed by atoms with van der Waals surface area (Å²) in [7, 11) is 1.53. The predicted molar refractivity (Wildman–Crippen MR) is 109 cm³/mol. The van der Waals surface area contributed by atoms with Crippen LogP contribution in [0.1, 0.15) is 35.5 Å². The van der Waals surface area contributed by atoms with Crippen LogP contribution in [-0.4, -0.2) is 27.9 Å². The molecule has 3 heterocycles. The highest BCUT2D eigenvalue weighted by atomic mass is 35.5.